The summed E-state index contributed by atoms with van der Waals surface area (Å²) in [6.07, 6.45) is 4.00. The molecule has 22 heavy (non-hydrogen) atoms. The van der Waals surface area contributed by atoms with Gasteiger partial charge in [0.2, 0.25) is 0 Å². The van der Waals surface area contributed by atoms with E-state index in [4.69, 9.17) is 34.3 Å². The van der Waals surface area contributed by atoms with Crippen molar-refractivity contribution in [3.05, 3.63) is 47.4 Å². The van der Waals surface area contributed by atoms with E-state index in [-0.39, 0.29) is 5.11 Å². The van der Waals surface area contributed by atoms with Gasteiger partial charge in [-0.3, -0.25) is 4.98 Å². The summed E-state index contributed by atoms with van der Waals surface area (Å²) in [5.41, 5.74) is 6.65. The van der Waals surface area contributed by atoms with Gasteiger partial charge in [-0.2, -0.15) is 0 Å². The van der Waals surface area contributed by atoms with E-state index in [9.17, 15) is 0 Å². The molecule has 2 aromatic heterocycles. The normalized spacial score (nSPS) is 10.3. The highest BCUT2D eigenvalue weighted by Crippen LogP contribution is 2.23. The summed E-state index contributed by atoms with van der Waals surface area (Å²) in [7, 11) is 0. The van der Waals surface area contributed by atoms with Crippen molar-refractivity contribution in [3.63, 3.8) is 0 Å². The Morgan fingerprint density at radius 3 is 2.73 bits per heavy atom. The average molecular weight is 337 g/mol. The number of nitrogens with zero attached hydrogens (tertiary/aromatic N) is 3. The Bertz CT molecular complexity index is 653. The van der Waals surface area contributed by atoms with Gasteiger partial charge in [-0.15, -0.1) is 0 Å². The molecule has 0 amide bonds. The lowest BCUT2D eigenvalue weighted by Crippen LogP contribution is -2.38. The molecule has 0 aromatic carbocycles. The lowest BCUT2D eigenvalue weighted by molar-refractivity contribution is 0.334. The molecule has 0 bridgehead atoms. The Kier molecular flexibility index (Phi) is 5.91. The van der Waals surface area contributed by atoms with Crippen molar-refractivity contribution in [2.24, 2.45) is 5.73 Å². The molecule has 0 atom stereocenters. The van der Waals surface area contributed by atoms with E-state index >= 15 is 0 Å². The second kappa shape index (κ2) is 7.91. The van der Waals surface area contributed by atoms with E-state index in [0.29, 0.717) is 30.4 Å². The highest BCUT2D eigenvalue weighted by molar-refractivity contribution is 7.80. The highest BCUT2D eigenvalue weighted by atomic mass is 35.5. The minimum Gasteiger partial charge on any atom is -0.492 e. The molecule has 0 radical (unpaired) electrons. The molecule has 0 spiro atoms. The summed E-state index contributed by atoms with van der Waals surface area (Å²) >= 11 is 11.3. The molecule has 2 aromatic rings. The van der Waals surface area contributed by atoms with Gasteiger partial charge in [0.15, 0.2) is 10.9 Å². The lowest BCUT2D eigenvalue weighted by Gasteiger charge is -2.22. The van der Waals surface area contributed by atoms with Crippen LogP contribution in [0.25, 0.3) is 0 Å². The van der Waals surface area contributed by atoms with Crippen LogP contribution in [0.1, 0.15) is 12.6 Å². The van der Waals surface area contributed by atoms with E-state index in [0.717, 1.165) is 11.4 Å². The van der Waals surface area contributed by atoms with Crippen molar-refractivity contribution in [1.29, 1.82) is 0 Å². The predicted octanol–water partition coefficient (Wildman–Crippen LogP) is 2.82. The molecule has 7 heteroatoms. The summed E-state index contributed by atoms with van der Waals surface area (Å²) in [5.74, 6) is 1.31. The molecule has 0 saturated heterocycles. The van der Waals surface area contributed by atoms with Crippen LogP contribution in [0.15, 0.2) is 36.7 Å². The molecular weight excluding hydrogens is 320 g/mol. The van der Waals surface area contributed by atoms with Crippen molar-refractivity contribution in [2.75, 3.05) is 18.1 Å². The zero-order valence-electron chi connectivity index (χ0n) is 12.2. The fraction of sp³-hybridized carbons (Fsp3) is 0.267. The second-order valence-corrected chi connectivity index (χ2v) is 5.26. The molecule has 0 fully saturated rings. The molecule has 2 heterocycles. The maximum absolute atomic E-state index is 6.17. The van der Waals surface area contributed by atoms with Crippen LogP contribution >= 0.6 is 23.8 Å². The topological polar surface area (TPSA) is 64.3 Å². The number of ether oxygens (including phenoxy) is 1. The fourth-order valence-electron chi connectivity index (χ4n) is 2.01. The Morgan fingerprint density at radius 1 is 1.32 bits per heavy atom. The largest absolute Gasteiger partial charge is 0.492 e. The van der Waals surface area contributed by atoms with Crippen molar-refractivity contribution in [2.45, 2.75) is 13.3 Å². The summed E-state index contributed by atoms with van der Waals surface area (Å²) in [5, 5.41) is 0.718. The molecule has 0 unspecified atom stereocenters. The first-order chi connectivity index (χ1) is 10.6. The number of nitrogens with two attached hydrogens (primary N) is 1. The summed E-state index contributed by atoms with van der Waals surface area (Å²) in [6.45, 7) is 3.04. The standard InChI is InChI=1S/C15H17ClN4OS/c1-2-21-13-6-4-8-18-12(13)7-10-20(15(17)22)14-11(16)5-3-9-19-14/h3-6,8-9H,2,7,10H2,1H3,(H2,17,22). The zero-order chi connectivity index (χ0) is 15.9. The smallest absolute Gasteiger partial charge is 0.172 e. The van der Waals surface area contributed by atoms with E-state index < -0.39 is 0 Å². The van der Waals surface area contributed by atoms with Crippen LogP contribution in [-0.4, -0.2) is 28.2 Å². The lowest BCUT2D eigenvalue weighted by atomic mass is 10.2. The minimum absolute atomic E-state index is 0.217. The van der Waals surface area contributed by atoms with Gasteiger partial charge >= 0.3 is 0 Å². The Morgan fingerprint density at radius 2 is 2.05 bits per heavy atom. The molecule has 2 N–H and O–H groups in total. The fourth-order valence-corrected chi connectivity index (χ4v) is 2.41. The van der Waals surface area contributed by atoms with Gasteiger partial charge in [0.25, 0.3) is 0 Å². The van der Waals surface area contributed by atoms with E-state index in [2.05, 4.69) is 9.97 Å². The van der Waals surface area contributed by atoms with Crippen LogP contribution in [0.4, 0.5) is 5.82 Å². The van der Waals surface area contributed by atoms with Gasteiger partial charge in [0.05, 0.1) is 17.3 Å². The maximum atomic E-state index is 6.17. The van der Waals surface area contributed by atoms with Gasteiger partial charge in [0, 0.05) is 25.4 Å². The Hall–Kier alpha value is -1.92. The Labute approximate surface area is 140 Å². The van der Waals surface area contributed by atoms with Crippen LogP contribution in [0.2, 0.25) is 5.02 Å². The maximum Gasteiger partial charge on any atom is 0.172 e. The van der Waals surface area contributed by atoms with Crippen LogP contribution in [0.5, 0.6) is 5.75 Å². The van der Waals surface area contributed by atoms with Gasteiger partial charge in [-0.05, 0) is 43.4 Å². The number of aromatic nitrogens is 2. The molecule has 5 nitrogen and oxygen atoms in total. The monoisotopic (exact) mass is 336 g/mol. The molecule has 0 aliphatic heterocycles. The Balaban J connectivity index is 2.17. The number of thiocarbonyl (C=S) groups is 1. The predicted molar refractivity (Wildman–Crippen MR) is 92.5 cm³/mol. The van der Waals surface area contributed by atoms with Crippen LogP contribution in [-0.2, 0) is 6.42 Å². The van der Waals surface area contributed by atoms with Crippen molar-refractivity contribution < 1.29 is 4.74 Å². The summed E-state index contributed by atoms with van der Waals surface area (Å²) < 4.78 is 5.57. The summed E-state index contributed by atoms with van der Waals surface area (Å²) in [4.78, 5) is 10.3. The first-order valence-corrected chi connectivity index (χ1v) is 7.66. The average Bonchev–Trinajstić information content (AvgIpc) is 2.50. The molecular formula is C15H17ClN4OS. The minimum atomic E-state index is 0.217. The van der Waals surface area contributed by atoms with Crippen molar-refractivity contribution in [1.82, 2.24) is 9.97 Å². The first-order valence-electron chi connectivity index (χ1n) is 6.87. The number of rotatable bonds is 6. The summed E-state index contributed by atoms with van der Waals surface area (Å²) in [6, 6.07) is 7.25. The van der Waals surface area contributed by atoms with Gasteiger partial charge in [-0.1, -0.05) is 11.6 Å². The van der Waals surface area contributed by atoms with Gasteiger partial charge in [-0.25, -0.2) is 4.98 Å². The van der Waals surface area contributed by atoms with Crippen LogP contribution < -0.4 is 15.4 Å². The highest BCUT2D eigenvalue weighted by Gasteiger charge is 2.15. The van der Waals surface area contributed by atoms with Crippen LogP contribution in [0, 0.1) is 0 Å². The zero-order valence-corrected chi connectivity index (χ0v) is 13.8. The molecule has 2 rings (SSSR count). The first kappa shape index (κ1) is 16.5. The van der Waals surface area contributed by atoms with E-state index in [1.54, 1.807) is 29.4 Å². The number of hydrogen-bond donors (Lipinski definition) is 1. The quantitative estimate of drug-likeness (QED) is 0.818. The second-order valence-electron chi connectivity index (χ2n) is 4.43. The van der Waals surface area contributed by atoms with Gasteiger partial charge < -0.3 is 15.4 Å². The van der Waals surface area contributed by atoms with Crippen LogP contribution in [0.3, 0.4) is 0 Å². The SMILES string of the molecule is CCOc1cccnc1CCN(C(N)=S)c1ncccc1Cl. The molecule has 0 aliphatic rings. The van der Waals surface area contributed by atoms with Gasteiger partial charge in [0.1, 0.15) is 5.75 Å². The number of anilines is 1. The van der Waals surface area contributed by atoms with Crippen molar-refractivity contribution in [3.8, 4) is 5.75 Å². The van der Waals surface area contributed by atoms with Crippen molar-refractivity contribution >= 4 is 34.7 Å². The molecule has 0 saturated carbocycles. The molecule has 116 valence electrons. The number of halogens is 1. The number of hydrogen-bond acceptors (Lipinski definition) is 4. The van der Waals surface area contributed by atoms with E-state index in [1.807, 2.05) is 19.1 Å². The third-order valence-corrected chi connectivity index (χ3v) is 3.50. The third kappa shape index (κ3) is 4.05. The molecule has 0 aliphatic carbocycles. The van der Waals surface area contributed by atoms with E-state index in [1.165, 1.54) is 0 Å². The number of pyridine rings is 2. The third-order valence-electron chi connectivity index (χ3n) is 2.98.